The molecule has 3 heteroatoms. The van der Waals surface area contributed by atoms with Crippen molar-refractivity contribution in [2.45, 2.75) is 38.6 Å². The Labute approximate surface area is 137 Å². The quantitative estimate of drug-likeness (QED) is 0.789. The van der Waals surface area contributed by atoms with Crippen molar-refractivity contribution in [2.75, 3.05) is 0 Å². The van der Waals surface area contributed by atoms with E-state index in [-0.39, 0.29) is 11.5 Å². The molecule has 112 valence electrons. The summed E-state index contributed by atoms with van der Waals surface area (Å²) in [5, 5.41) is 1.10. The van der Waals surface area contributed by atoms with Gasteiger partial charge in [0.2, 0.25) is 0 Å². The minimum atomic E-state index is -0.156. The average Bonchev–Trinajstić information content (AvgIpc) is 2.41. The van der Waals surface area contributed by atoms with E-state index in [1.165, 1.54) is 11.1 Å². The van der Waals surface area contributed by atoms with Gasteiger partial charge in [-0.25, -0.2) is 0 Å². The maximum atomic E-state index is 6.28. The van der Waals surface area contributed by atoms with E-state index in [4.69, 9.17) is 28.9 Å². The highest BCUT2D eigenvalue weighted by Gasteiger charge is 2.15. The lowest BCUT2D eigenvalue weighted by Crippen LogP contribution is -2.15. The SMILES string of the molecule is CC(C)(C)c1ccc(CC(N)c2cccc(Cl)c2Cl)cc1. The Hall–Kier alpha value is -1.02. The summed E-state index contributed by atoms with van der Waals surface area (Å²) in [6, 6.07) is 14.0. The number of benzene rings is 2. The molecule has 0 bridgehead atoms. The zero-order chi connectivity index (χ0) is 15.6. The Morgan fingerprint density at radius 3 is 2.19 bits per heavy atom. The molecule has 0 radical (unpaired) electrons. The van der Waals surface area contributed by atoms with Gasteiger partial charge in [0.25, 0.3) is 0 Å². The summed E-state index contributed by atoms with van der Waals surface area (Å²) in [5.41, 5.74) is 9.85. The van der Waals surface area contributed by atoms with Gasteiger partial charge in [-0.1, -0.05) is 80.4 Å². The fraction of sp³-hybridized carbons (Fsp3) is 0.333. The van der Waals surface area contributed by atoms with Crippen LogP contribution in [0.5, 0.6) is 0 Å². The maximum Gasteiger partial charge on any atom is 0.0640 e. The van der Waals surface area contributed by atoms with E-state index in [9.17, 15) is 0 Å². The smallest absolute Gasteiger partial charge is 0.0640 e. The Bertz CT molecular complexity index is 612. The van der Waals surface area contributed by atoms with Gasteiger partial charge in [-0.05, 0) is 34.6 Å². The molecule has 1 nitrogen and oxygen atoms in total. The fourth-order valence-electron chi connectivity index (χ4n) is 2.31. The average molecular weight is 322 g/mol. The first-order valence-electron chi connectivity index (χ1n) is 7.08. The van der Waals surface area contributed by atoms with E-state index in [0.717, 1.165) is 12.0 Å². The second-order valence-corrected chi connectivity index (χ2v) is 7.19. The lowest BCUT2D eigenvalue weighted by atomic mass is 9.86. The molecule has 2 rings (SSSR count). The van der Waals surface area contributed by atoms with E-state index in [1.54, 1.807) is 6.07 Å². The molecule has 2 N–H and O–H groups in total. The van der Waals surface area contributed by atoms with Gasteiger partial charge < -0.3 is 5.73 Å². The zero-order valence-corrected chi connectivity index (χ0v) is 14.2. The lowest BCUT2D eigenvalue weighted by molar-refractivity contribution is 0.589. The third-order valence-electron chi connectivity index (χ3n) is 3.66. The standard InChI is InChI=1S/C18H21Cl2N/c1-18(2,3)13-9-7-12(8-10-13)11-16(21)14-5-4-6-15(19)17(14)20/h4-10,16H,11,21H2,1-3H3. The summed E-state index contributed by atoms with van der Waals surface area (Å²) in [5.74, 6) is 0. The predicted octanol–water partition coefficient (Wildman–Crippen LogP) is 5.53. The third-order valence-corrected chi connectivity index (χ3v) is 4.49. The number of halogens is 2. The van der Waals surface area contributed by atoms with Crippen LogP contribution in [-0.4, -0.2) is 0 Å². The van der Waals surface area contributed by atoms with Gasteiger partial charge in [0.05, 0.1) is 10.0 Å². The summed E-state index contributed by atoms with van der Waals surface area (Å²) in [7, 11) is 0. The molecular formula is C18H21Cl2N. The molecule has 21 heavy (non-hydrogen) atoms. The minimum absolute atomic E-state index is 0.156. The molecule has 0 saturated heterocycles. The van der Waals surface area contributed by atoms with Gasteiger partial charge in [0.15, 0.2) is 0 Å². The molecule has 0 aliphatic carbocycles. The first kappa shape index (κ1) is 16.4. The highest BCUT2D eigenvalue weighted by molar-refractivity contribution is 6.42. The topological polar surface area (TPSA) is 26.0 Å². The minimum Gasteiger partial charge on any atom is -0.324 e. The number of nitrogens with two attached hydrogens (primary N) is 1. The molecule has 0 aliphatic rings. The summed E-state index contributed by atoms with van der Waals surface area (Å²) in [4.78, 5) is 0. The molecular weight excluding hydrogens is 301 g/mol. The van der Waals surface area contributed by atoms with Gasteiger partial charge in [-0.2, -0.15) is 0 Å². The molecule has 0 aromatic heterocycles. The van der Waals surface area contributed by atoms with Gasteiger partial charge in [0.1, 0.15) is 0 Å². The van der Waals surface area contributed by atoms with Crippen molar-refractivity contribution in [1.82, 2.24) is 0 Å². The van der Waals surface area contributed by atoms with Crippen LogP contribution in [0.25, 0.3) is 0 Å². The van der Waals surface area contributed by atoms with Crippen LogP contribution in [0.3, 0.4) is 0 Å². The van der Waals surface area contributed by atoms with Crippen molar-refractivity contribution in [3.8, 4) is 0 Å². The second-order valence-electron chi connectivity index (χ2n) is 6.40. The van der Waals surface area contributed by atoms with Gasteiger partial charge in [-0.15, -0.1) is 0 Å². The highest BCUT2D eigenvalue weighted by atomic mass is 35.5. The monoisotopic (exact) mass is 321 g/mol. The number of hydrogen-bond donors (Lipinski definition) is 1. The lowest BCUT2D eigenvalue weighted by Gasteiger charge is -2.20. The van der Waals surface area contributed by atoms with Crippen LogP contribution in [0.2, 0.25) is 10.0 Å². The van der Waals surface area contributed by atoms with Crippen molar-refractivity contribution >= 4 is 23.2 Å². The molecule has 0 heterocycles. The van der Waals surface area contributed by atoms with E-state index >= 15 is 0 Å². The molecule has 0 amide bonds. The summed E-state index contributed by atoms with van der Waals surface area (Å²) < 4.78 is 0. The van der Waals surface area contributed by atoms with Crippen LogP contribution in [0.15, 0.2) is 42.5 Å². The second kappa shape index (κ2) is 6.39. The first-order valence-corrected chi connectivity index (χ1v) is 7.83. The number of rotatable bonds is 3. The molecule has 1 atom stereocenters. The van der Waals surface area contributed by atoms with Crippen LogP contribution in [0.1, 0.15) is 43.5 Å². The third kappa shape index (κ3) is 4.00. The van der Waals surface area contributed by atoms with Crippen LogP contribution in [0, 0.1) is 0 Å². The molecule has 0 fully saturated rings. The maximum absolute atomic E-state index is 6.28. The molecule has 2 aromatic rings. The summed E-state index contributed by atoms with van der Waals surface area (Å²) in [6.45, 7) is 6.62. The van der Waals surface area contributed by atoms with Crippen LogP contribution in [-0.2, 0) is 11.8 Å². The fourth-order valence-corrected chi connectivity index (χ4v) is 2.76. The van der Waals surface area contributed by atoms with E-state index in [1.807, 2.05) is 12.1 Å². The van der Waals surface area contributed by atoms with Gasteiger partial charge in [-0.3, -0.25) is 0 Å². The summed E-state index contributed by atoms with van der Waals surface area (Å²) >= 11 is 12.3. The normalized spacial score (nSPS) is 13.2. The molecule has 0 saturated carbocycles. The van der Waals surface area contributed by atoms with E-state index in [2.05, 4.69) is 45.0 Å². The highest BCUT2D eigenvalue weighted by Crippen LogP contribution is 2.30. The Balaban J connectivity index is 2.16. The molecule has 2 aromatic carbocycles. The van der Waals surface area contributed by atoms with Crippen LogP contribution >= 0.6 is 23.2 Å². The van der Waals surface area contributed by atoms with Crippen molar-refractivity contribution in [1.29, 1.82) is 0 Å². The van der Waals surface area contributed by atoms with Crippen molar-refractivity contribution in [3.63, 3.8) is 0 Å². The Morgan fingerprint density at radius 2 is 1.62 bits per heavy atom. The Morgan fingerprint density at radius 1 is 1.00 bits per heavy atom. The van der Waals surface area contributed by atoms with Crippen molar-refractivity contribution < 1.29 is 0 Å². The van der Waals surface area contributed by atoms with Gasteiger partial charge in [0, 0.05) is 6.04 Å². The van der Waals surface area contributed by atoms with E-state index in [0.29, 0.717) is 10.0 Å². The van der Waals surface area contributed by atoms with E-state index < -0.39 is 0 Å². The summed E-state index contributed by atoms with van der Waals surface area (Å²) in [6.07, 6.45) is 0.741. The molecule has 0 spiro atoms. The van der Waals surface area contributed by atoms with Crippen molar-refractivity contribution in [3.05, 3.63) is 69.2 Å². The number of hydrogen-bond acceptors (Lipinski definition) is 1. The largest absolute Gasteiger partial charge is 0.324 e. The zero-order valence-electron chi connectivity index (χ0n) is 12.7. The molecule has 1 unspecified atom stereocenters. The van der Waals surface area contributed by atoms with Crippen LogP contribution < -0.4 is 5.73 Å². The Kier molecular flexibility index (Phi) is 4.98. The van der Waals surface area contributed by atoms with Gasteiger partial charge >= 0.3 is 0 Å². The van der Waals surface area contributed by atoms with Crippen molar-refractivity contribution in [2.24, 2.45) is 5.73 Å². The molecule has 0 aliphatic heterocycles. The van der Waals surface area contributed by atoms with Crippen LogP contribution in [0.4, 0.5) is 0 Å². The predicted molar refractivity (Wildman–Crippen MR) is 92.2 cm³/mol. The first-order chi connectivity index (χ1) is 9.79.